The van der Waals surface area contributed by atoms with Gasteiger partial charge in [-0.3, -0.25) is 0 Å². The van der Waals surface area contributed by atoms with E-state index >= 15 is 0 Å². The van der Waals surface area contributed by atoms with Crippen LogP contribution in [0, 0.1) is 0 Å². The maximum absolute atomic E-state index is 7.00. The molecule has 1 N–H and O–H groups in total. The van der Waals surface area contributed by atoms with Crippen LogP contribution in [0.2, 0.25) is 0 Å². The summed E-state index contributed by atoms with van der Waals surface area (Å²) in [5.41, 5.74) is 22.4. The Morgan fingerprint density at radius 1 is 0.559 bits per heavy atom. The number of nitrogens with one attached hydrogen (secondary N) is 1. The third-order valence-corrected chi connectivity index (χ3v) is 17.8. The van der Waals surface area contributed by atoms with E-state index in [2.05, 4.69) is 216 Å². The van der Waals surface area contributed by atoms with Gasteiger partial charge in [-0.15, -0.1) is 11.3 Å². The van der Waals surface area contributed by atoms with Gasteiger partial charge in [0.1, 0.15) is 5.58 Å². The Kier molecular flexibility index (Phi) is 8.42. The van der Waals surface area contributed by atoms with Gasteiger partial charge in [-0.1, -0.05) is 138 Å². The Hall–Kier alpha value is -6.04. The molecule has 0 spiro atoms. The highest BCUT2D eigenvalue weighted by Gasteiger charge is 2.43. The number of hydrogen-bond donors (Lipinski definition) is 1. The maximum Gasteiger partial charge on any atom is 0.247 e. The first-order valence-electron chi connectivity index (χ1n) is 24.8. The first-order chi connectivity index (χ1) is 32.2. The van der Waals surface area contributed by atoms with Gasteiger partial charge in [0.15, 0.2) is 0 Å². The molecule has 0 amide bonds. The second-order valence-corrected chi connectivity index (χ2v) is 25.5. The summed E-state index contributed by atoms with van der Waals surface area (Å²) in [4.78, 5) is 0. The van der Waals surface area contributed by atoms with Crippen LogP contribution in [-0.4, -0.2) is 11.8 Å². The summed E-state index contributed by atoms with van der Waals surface area (Å²) in [5, 5.41) is 10.4. The maximum atomic E-state index is 7.00. The Balaban J connectivity index is 1.10. The topological polar surface area (TPSA) is 30.1 Å². The second kappa shape index (κ2) is 13.6. The van der Waals surface area contributed by atoms with Crippen molar-refractivity contribution < 1.29 is 4.42 Å². The normalized spacial score (nSPS) is 16.6. The van der Waals surface area contributed by atoms with Gasteiger partial charge in [-0.25, -0.2) is 0 Å². The highest BCUT2D eigenvalue weighted by Crippen LogP contribution is 2.56. The predicted octanol–water partition coefficient (Wildman–Crippen LogP) is 16.5. The third-order valence-electron chi connectivity index (χ3n) is 16.6. The molecule has 13 rings (SSSR count). The molecule has 5 heteroatoms. The number of fused-ring (bicyclic) bond motifs is 14. The Morgan fingerprint density at radius 3 is 1.96 bits per heavy atom. The second-order valence-electron chi connectivity index (χ2n) is 24.4. The molecule has 7 aromatic carbocycles. The van der Waals surface area contributed by atoms with Crippen LogP contribution in [0.25, 0.3) is 80.9 Å². The molecule has 2 aliphatic carbocycles. The smallest absolute Gasteiger partial charge is 0.247 e. The van der Waals surface area contributed by atoms with E-state index in [1.165, 1.54) is 116 Å². The summed E-state index contributed by atoms with van der Waals surface area (Å²) in [6.07, 6.45) is 2.39. The number of aromatic nitrogens is 1. The van der Waals surface area contributed by atoms with E-state index in [1.807, 2.05) is 11.3 Å². The summed E-state index contributed by atoms with van der Waals surface area (Å²) in [7, 11) is 2.35. The lowest BCUT2D eigenvalue weighted by molar-refractivity contribution is 0.331. The summed E-state index contributed by atoms with van der Waals surface area (Å²) in [6.45, 7) is 28.5. The lowest BCUT2D eigenvalue weighted by atomic mass is 9.62. The molecule has 0 fully saturated rings. The molecule has 3 aliphatic rings. The number of thiophene rings is 1. The fraction of sp³-hybridized carbons (Fsp3) is 0.302. The van der Waals surface area contributed by atoms with E-state index in [4.69, 9.17) is 4.42 Å². The van der Waals surface area contributed by atoms with E-state index in [-0.39, 0.29) is 27.1 Å². The monoisotopic (exact) mass is 903 g/mol. The fourth-order valence-electron chi connectivity index (χ4n) is 12.4. The van der Waals surface area contributed by atoms with Gasteiger partial charge in [0.05, 0.1) is 16.9 Å². The van der Waals surface area contributed by atoms with Gasteiger partial charge < -0.3 is 14.3 Å². The number of hydrogen-bond acceptors (Lipinski definition) is 3. The van der Waals surface area contributed by atoms with Crippen LogP contribution in [0.15, 0.2) is 120 Å². The molecule has 0 saturated heterocycles. The molecule has 1 aliphatic heterocycles. The van der Waals surface area contributed by atoms with Crippen LogP contribution in [0.5, 0.6) is 0 Å². The van der Waals surface area contributed by atoms with Crippen molar-refractivity contribution in [2.45, 2.75) is 123 Å². The molecule has 0 atom stereocenters. The molecular formula is C63H60BN2OS. The van der Waals surface area contributed by atoms with E-state index in [0.717, 1.165) is 33.7 Å². The average molecular weight is 904 g/mol. The van der Waals surface area contributed by atoms with Crippen LogP contribution < -0.4 is 16.4 Å². The van der Waals surface area contributed by atoms with Crippen molar-refractivity contribution >= 4 is 94.1 Å². The van der Waals surface area contributed by atoms with Gasteiger partial charge in [0.2, 0.25) is 7.28 Å². The Bertz CT molecular complexity index is 3840. The molecule has 0 bridgehead atoms. The van der Waals surface area contributed by atoms with Crippen molar-refractivity contribution in [3.8, 4) is 27.9 Å². The standard InChI is InChI=1S/C63H60BN2OS/c1-59(2,3)34-17-20-36(21-18-34)65-50-31-41-40-29-48-49(62(9,10)26-25-61(48,7)8)32-47(40)63(11,12)46(41)30-42(50)38-22-23-39-43-28-44-37-15-13-14-16-53(37)68-54(44)33-51(43)66-56(39)55(38)64-58-57(66)45-27-35(60(4,5)6)19-24-52(45)67-58/h13-24,27-33,65H,25-26H2,1-12H3. The van der Waals surface area contributed by atoms with Crippen molar-refractivity contribution in [1.29, 1.82) is 0 Å². The third kappa shape index (κ3) is 5.90. The minimum Gasteiger partial charge on any atom is -0.469 e. The quantitative estimate of drug-likeness (QED) is 0.179. The van der Waals surface area contributed by atoms with E-state index in [9.17, 15) is 0 Å². The SMILES string of the molecule is CC(C)(C)c1ccc(Nc2cc3c(cc2-c2ccc4c5cc6c(cc5n5c4c2[B]c2oc4ccc(C(C)(C)C)cc4c2-5)sc2ccccc26)C(C)(C)c2cc4c(cc2-3)C(C)(C)CCC4(C)C)cc1. The number of furan rings is 1. The van der Waals surface area contributed by atoms with Gasteiger partial charge in [0, 0.05) is 64.2 Å². The van der Waals surface area contributed by atoms with Gasteiger partial charge in [0.25, 0.3) is 0 Å². The van der Waals surface area contributed by atoms with Crippen molar-refractivity contribution in [2.24, 2.45) is 0 Å². The van der Waals surface area contributed by atoms with Crippen molar-refractivity contribution in [2.75, 3.05) is 5.32 Å². The number of anilines is 2. The number of rotatable bonds is 3. The lowest BCUT2D eigenvalue weighted by Gasteiger charge is -2.42. The minimum absolute atomic E-state index is 0.0116. The molecule has 3 aromatic heterocycles. The largest absolute Gasteiger partial charge is 0.469 e. The summed E-state index contributed by atoms with van der Waals surface area (Å²) < 4.78 is 12.2. The van der Waals surface area contributed by atoms with Gasteiger partial charge in [-0.2, -0.15) is 0 Å². The Morgan fingerprint density at radius 2 is 1.22 bits per heavy atom. The fourth-order valence-corrected chi connectivity index (χ4v) is 13.5. The predicted molar refractivity (Wildman–Crippen MR) is 294 cm³/mol. The van der Waals surface area contributed by atoms with Crippen molar-refractivity contribution in [1.82, 2.24) is 4.57 Å². The van der Waals surface area contributed by atoms with Gasteiger partial charge in [-0.05, 0) is 151 Å². The number of nitrogens with zero attached hydrogens (tertiary/aromatic N) is 1. The minimum atomic E-state index is -0.204. The zero-order chi connectivity index (χ0) is 47.2. The van der Waals surface area contributed by atoms with Crippen LogP contribution in [-0.2, 0) is 27.1 Å². The molecule has 68 heavy (non-hydrogen) atoms. The highest BCUT2D eigenvalue weighted by atomic mass is 32.1. The molecule has 337 valence electrons. The number of benzene rings is 7. The molecule has 0 unspecified atom stereocenters. The zero-order valence-corrected chi connectivity index (χ0v) is 42.5. The zero-order valence-electron chi connectivity index (χ0n) is 41.7. The van der Waals surface area contributed by atoms with Crippen LogP contribution in [0.1, 0.15) is 129 Å². The van der Waals surface area contributed by atoms with E-state index < -0.39 is 0 Å². The van der Waals surface area contributed by atoms with Crippen LogP contribution >= 0.6 is 11.3 Å². The molecule has 0 saturated carbocycles. The van der Waals surface area contributed by atoms with Crippen LogP contribution in [0.4, 0.5) is 11.4 Å². The molecule has 10 aromatic rings. The Labute approximate surface area is 405 Å². The van der Waals surface area contributed by atoms with Gasteiger partial charge >= 0.3 is 0 Å². The molecular weight excluding hydrogens is 844 g/mol. The van der Waals surface area contributed by atoms with E-state index in [1.54, 1.807) is 0 Å². The summed E-state index contributed by atoms with van der Waals surface area (Å²) >= 11 is 1.89. The highest BCUT2D eigenvalue weighted by molar-refractivity contribution is 7.25. The van der Waals surface area contributed by atoms with E-state index in [0.29, 0.717) is 0 Å². The van der Waals surface area contributed by atoms with Crippen molar-refractivity contribution in [3.05, 3.63) is 149 Å². The van der Waals surface area contributed by atoms with Crippen molar-refractivity contribution in [3.63, 3.8) is 0 Å². The molecule has 1 radical (unpaired) electrons. The first-order valence-corrected chi connectivity index (χ1v) is 25.6. The first kappa shape index (κ1) is 42.1. The lowest BCUT2D eigenvalue weighted by Crippen LogP contribution is -2.36. The molecule has 3 nitrogen and oxygen atoms in total. The molecule has 4 heterocycles. The summed E-state index contributed by atoms with van der Waals surface area (Å²) in [6, 6.07) is 44.7. The average Bonchev–Trinajstić information content (AvgIpc) is 4.00. The summed E-state index contributed by atoms with van der Waals surface area (Å²) in [5.74, 6) is 0. The van der Waals surface area contributed by atoms with Crippen LogP contribution in [0.3, 0.4) is 0 Å².